The van der Waals surface area contributed by atoms with Crippen LogP contribution in [0.2, 0.25) is 0 Å². The van der Waals surface area contributed by atoms with Crippen molar-refractivity contribution in [3.05, 3.63) is 206 Å². The lowest BCUT2D eigenvalue weighted by molar-refractivity contribution is 1.16. The number of benzene rings is 8. The first-order valence-corrected chi connectivity index (χ1v) is 22.1. The zero-order chi connectivity index (χ0) is 42.1. The number of para-hydroxylation sites is 2. The van der Waals surface area contributed by atoms with Crippen molar-refractivity contribution < 1.29 is 0 Å². The Morgan fingerprint density at radius 3 is 1.77 bits per heavy atom. The van der Waals surface area contributed by atoms with Gasteiger partial charge < -0.3 is 4.57 Å². The number of fused-ring (bicyclic) bond motifs is 8. The van der Waals surface area contributed by atoms with Crippen molar-refractivity contribution in [1.29, 1.82) is 0 Å². The second-order valence-corrected chi connectivity index (χ2v) is 17.1. The number of hydrogen-bond acceptors (Lipinski definition) is 6. The summed E-state index contributed by atoms with van der Waals surface area (Å²) in [4.78, 5) is 26.6. The third kappa shape index (κ3) is 6.05. The van der Waals surface area contributed by atoms with Gasteiger partial charge in [-0.3, -0.25) is 0 Å². The Labute approximate surface area is 371 Å². The molecule has 13 aromatic rings. The molecule has 8 aromatic carbocycles. The van der Waals surface area contributed by atoms with Crippen LogP contribution in [-0.4, -0.2) is 29.5 Å². The predicted octanol–water partition coefficient (Wildman–Crippen LogP) is 14.8. The average molecular weight is 835 g/mol. The molecule has 298 valence electrons. The quantitative estimate of drug-likeness (QED) is 0.156. The van der Waals surface area contributed by atoms with Crippen LogP contribution >= 0.6 is 11.3 Å². The lowest BCUT2D eigenvalue weighted by Gasteiger charge is -2.13. The van der Waals surface area contributed by atoms with Gasteiger partial charge in [-0.25, -0.2) is 24.9 Å². The molecule has 0 aliphatic heterocycles. The van der Waals surface area contributed by atoms with Gasteiger partial charge in [0, 0.05) is 55.9 Å². The summed E-state index contributed by atoms with van der Waals surface area (Å²) in [5.74, 6) is 1.35. The summed E-state index contributed by atoms with van der Waals surface area (Å²) in [5.41, 5.74) is 11.8. The number of hydrogen-bond donors (Lipinski definition) is 0. The maximum atomic E-state index is 5.33. The molecule has 0 atom stereocenters. The Bertz CT molecular complexity index is 3910. The molecule has 0 saturated carbocycles. The van der Waals surface area contributed by atoms with E-state index in [0.717, 1.165) is 76.4 Å². The molecule has 6 nitrogen and oxygen atoms in total. The van der Waals surface area contributed by atoms with Crippen molar-refractivity contribution in [3.63, 3.8) is 0 Å². The Kier molecular flexibility index (Phi) is 8.29. The van der Waals surface area contributed by atoms with Gasteiger partial charge in [0.25, 0.3) is 0 Å². The van der Waals surface area contributed by atoms with Crippen molar-refractivity contribution >= 4 is 75.1 Å². The summed E-state index contributed by atoms with van der Waals surface area (Å²) >= 11 is 1.63. The molecule has 7 heteroatoms. The van der Waals surface area contributed by atoms with Gasteiger partial charge in [0.15, 0.2) is 11.6 Å². The van der Waals surface area contributed by atoms with E-state index in [1.807, 2.05) is 30.5 Å². The van der Waals surface area contributed by atoms with Gasteiger partial charge in [-0.1, -0.05) is 140 Å². The van der Waals surface area contributed by atoms with Crippen LogP contribution in [0, 0.1) is 0 Å². The van der Waals surface area contributed by atoms with Gasteiger partial charge in [0.1, 0.15) is 4.83 Å². The lowest BCUT2D eigenvalue weighted by Crippen LogP contribution is -1.98. The number of thiophene rings is 1. The molecule has 0 aliphatic carbocycles. The molecule has 5 aromatic heterocycles. The van der Waals surface area contributed by atoms with Gasteiger partial charge in [-0.05, 0) is 82.2 Å². The van der Waals surface area contributed by atoms with Crippen molar-refractivity contribution in [1.82, 2.24) is 29.5 Å². The van der Waals surface area contributed by atoms with Gasteiger partial charge in [-0.2, -0.15) is 0 Å². The number of rotatable bonds is 6. The molecule has 0 bridgehead atoms. The van der Waals surface area contributed by atoms with Crippen LogP contribution in [0.5, 0.6) is 0 Å². The third-order valence-electron chi connectivity index (χ3n) is 12.2. The van der Waals surface area contributed by atoms with Gasteiger partial charge >= 0.3 is 0 Å². The van der Waals surface area contributed by atoms with E-state index in [2.05, 4.69) is 180 Å². The van der Waals surface area contributed by atoms with Crippen LogP contribution < -0.4 is 0 Å². The minimum absolute atomic E-state index is 0.669. The van der Waals surface area contributed by atoms with Crippen molar-refractivity contribution in [2.75, 3.05) is 0 Å². The van der Waals surface area contributed by atoms with Crippen molar-refractivity contribution in [3.8, 4) is 62.2 Å². The van der Waals surface area contributed by atoms with Crippen LogP contribution in [0.4, 0.5) is 0 Å². The number of pyridine rings is 1. The molecule has 0 amide bonds. The molecule has 0 spiro atoms. The highest BCUT2D eigenvalue weighted by molar-refractivity contribution is 7.25. The fourth-order valence-electron chi connectivity index (χ4n) is 9.15. The SMILES string of the molecule is c1ccc(-c2nc(-c3ccc(-c4nc(-c5ccc6cc7ccccc7cc6c5)nc5c4sc4ncccc45)cc3)cc(-c3cccc(-n4c5ccccc5c5ccccc54)c3)n2)cc1. The van der Waals surface area contributed by atoms with E-state index in [9.17, 15) is 0 Å². The van der Waals surface area contributed by atoms with Crippen molar-refractivity contribution in [2.45, 2.75) is 0 Å². The molecule has 0 fully saturated rings. The fourth-order valence-corrected chi connectivity index (χ4v) is 10.2. The van der Waals surface area contributed by atoms with Crippen LogP contribution in [0.15, 0.2) is 206 Å². The zero-order valence-electron chi connectivity index (χ0n) is 34.2. The topological polar surface area (TPSA) is 69.4 Å². The summed E-state index contributed by atoms with van der Waals surface area (Å²) < 4.78 is 3.35. The highest BCUT2D eigenvalue weighted by Crippen LogP contribution is 2.40. The molecule has 13 rings (SSSR count). The third-order valence-corrected chi connectivity index (χ3v) is 13.4. The molecule has 0 radical (unpaired) electrons. The Morgan fingerprint density at radius 2 is 0.984 bits per heavy atom. The van der Waals surface area contributed by atoms with Crippen LogP contribution in [0.1, 0.15) is 0 Å². The molecule has 64 heavy (non-hydrogen) atoms. The Hall–Kier alpha value is -8.39. The maximum absolute atomic E-state index is 5.33. The van der Waals surface area contributed by atoms with E-state index in [0.29, 0.717) is 11.6 Å². The first kappa shape index (κ1) is 36.3. The lowest BCUT2D eigenvalue weighted by atomic mass is 10.0. The van der Waals surface area contributed by atoms with E-state index in [1.165, 1.54) is 38.0 Å². The smallest absolute Gasteiger partial charge is 0.160 e. The first-order valence-electron chi connectivity index (χ1n) is 21.3. The highest BCUT2D eigenvalue weighted by atomic mass is 32.1. The van der Waals surface area contributed by atoms with Crippen LogP contribution in [0.3, 0.4) is 0 Å². The molecular formula is C57H34N6S. The Balaban J connectivity index is 0.931. The minimum atomic E-state index is 0.669. The monoisotopic (exact) mass is 834 g/mol. The second kappa shape index (κ2) is 14.6. The average Bonchev–Trinajstić information content (AvgIpc) is 3.91. The largest absolute Gasteiger partial charge is 0.309 e. The van der Waals surface area contributed by atoms with Gasteiger partial charge in [0.05, 0.1) is 38.3 Å². The van der Waals surface area contributed by atoms with Gasteiger partial charge in [0.2, 0.25) is 0 Å². The zero-order valence-corrected chi connectivity index (χ0v) is 35.0. The number of aromatic nitrogens is 6. The highest BCUT2D eigenvalue weighted by Gasteiger charge is 2.19. The summed E-state index contributed by atoms with van der Waals surface area (Å²) in [6.07, 6.45) is 1.84. The summed E-state index contributed by atoms with van der Waals surface area (Å²) in [7, 11) is 0. The predicted molar refractivity (Wildman–Crippen MR) is 265 cm³/mol. The summed E-state index contributed by atoms with van der Waals surface area (Å²) in [6.45, 7) is 0. The molecule has 0 unspecified atom stereocenters. The summed E-state index contributed by atoms with van der Waals surface area (Å²) in [5, 5.41) is 8.26. The van der Waals surface area contributed by atoms with Gasteiger partial charge in [-0.15, -0.1) is 11.3 Å². The summed E-state index contributed by atoms with van der Waals surface area (Å²) in [6, 6.07) is 70.4. The molecule has 0 saturated heterocycles. The molecule has 5 heterocycles. The maximum Gasteiger partial charge on any atom is 0.160 e. The van der Waals surface area contributed by atoms with E-state index >= 15 is 0 Å². The minimum Gasteiger partial charge on any atom is -0.309 e. The van der Waals surface area contributed by atoms with Crippen LogP contribution in [-0.2, 0) is 0 Å². The molecule has 0 aliphatic rings. The first-order chi connectivity index (χ1) is 31.7. The van der Waals surface area contributed by atoms with E-state index in [-0.39, 0.29) is 0 Å². The van der Waals surface area contributed by atoms with Crippen LogP contribution in [0.25, 0.3) is 126 Å². The number of nitrogens with zero attached hydrogens (tertiary/aromatic N) is 6. The van der Waals surface area contributed by atoms with E-state index < -0.39 is 0 Å². The molecular weight excluding hydrogens is 801 g/mol. The van der Waals surface area contributed by atoms with E-state index in [1.54, 1.807) is 11.3 Å². The van der Waals surface area contributed by atoms with Crippen molar-refractivity contribution in [2.24, 2.45) is 0 Å². The standard InChI is InChI=1S/C57H34N6S/c1-2-12-37(13-3-1)55-59-48(34-49(60-55)41-16-10-17-44(33-41)63-50-21-8-6-18-45(50)46-19-7-9-22-51(46)63)35-23-25-36(26-24-35)52-54-53(47-20-11-29-58-57(47)64-54)62-56(61-52)42-28-27-40-30-38-14-4-5-15-39(38)31-43(40)32-42/h1-34H. The fraction of sp³-hybridized carbons (Fsp3) is 0. The Morgan fingerprint density at radius 1 is 0.375 bits per heavy atom. The normalized spacial score (nSPS) is 11.8. The van der Waals surface area contributed by atoms with E-state index in [4.69, 9.17) is 24.9 Å². The molecule has 0 N–H and O–H groups in total. The second-order valence-electron chi connectivity index (χ2n) is 16.1.